The van der Waals surface area contributed by atoms with Crippen molar-refractivity contribution >= 4 is 11.9 Å². The molecule has 0 aliphatic heterocycles. The maximum absolute atomic E-state index is 12.1. The van der Waals surface area contributed by atoms with E-state index in [0.29, 0.717) is 12.2 Å². The number of hydrogen-bond donors (Lipinski definition) is 0. The summed E-state index contributed by atoms with van der Waals surface area (Å²) in [6, 6.07) is 12.9. The standard InChI is InChI=1S/C18H16F2O3/c1-2-22-15-8-3-13(4-9-15)5-12-17(21)14-6-10-16(11-7-14)23-18(19)20/h3-12,18H,2H2,1H3/b12-5+. The number of rotatable bonds is 7. The second-order valence-electron chi connectivity index (χ2n) is 4.60. The van der Waals surface area contributed by atoms with Crippen molar-refractivity contribution in [3.05, 3.63) is 65.7 Å². The molecule has 0 saturated heterocycles. The third-order valence-electron chi connectivity index (χ3n) is 2.98. The van der Waals surface area contributed by atoms with E-state index in [-0.39, 0.29) is 11.5 Å². The number of carbonyl (C=O) groups is 1. The van der Waals surface area contributed by atoms with Crippen LogP contribution in [0.5, 0.6) is 11.5 Å². The van der Waals surface area contributed by atoms with Crippen LogP contribution < -0.4 is 9.47 Å². The van der Waals surface area contributed by atoms with Crippen molar-refractivity contribution in [3.63, 3.8) is 0 Å². The molecule has 0 spiro atoms. The molecule has 0 aliphatic rings. The van der Waals surface area contributed by atoms with Crippen LogP contribution in [0.4, 0.5) is 8.78 Å². The number of ether oxygens (including phenoxy) is 2. The lowest BCUT2D eigenvalue weighted by atomic mass is 10.1. The Hall–Kier alpha value is -2.69. The molecule has 5 heteroatoms. The van der Waals surface area contributed by atoms with E-state index < -0.39 is 6.61 Å². The van der Waals surface area contributed by atoms with E-state index in [4.69, 9.17) is 4.74 Å². The predicted octanol–water partition coefficient (Wildman–Crippen LogP) is 4.58. The molecular formula is C18H16F2O3. The summed E-state index contributed by atoms with van der Waals surface area (Å²) in [7, 11) is 0. The molecule has 120 valence electrons. The van der Waals surface area contributed by atoms with Gasteiger partial charge in [-0.2, -0.15) is 8.78 Å². The van der Waals surface area contributed by atoms with Crippen molar-refractivity contribution < 1.29 is 23.0 Å². The molecule has 2 aromatic carbocycles. The van der Waals surface area contributed by atoms with Crippen LogP contribution in [0.15, 0.2) is 54.6 Å². The lowest BCUT2D eigenvalue weighted by molar-refractivity contribution is -0.0498. The van der Waals surface area contributed by atoms with Crippen LogP contribution in [-0.4, -0.2) is 19.0 Å². The first-order chi connectivity index (χ1) is 11.1. The van der Waals surface area contributed by atoms with E-state index in [2.05, 4.69) is 4.74 Å². The van der Waals surface area contributed by atoms with Gasteiger partial charge in [-0.1, -0.05) is 18.2 Å². The second kappa shape index (κ2) is 8.08. The van der Waals surface area contributed by atoms with Crippen LogP contribution in [0.3, 0.4) is 0 Å². The van der Waals surface area contributed by atoms with E-state index in [1.165, 1.54) is 30.3 Å². The Balaban J connectivity index is 2.00. The molecule has 0 amide bonds. The maximum atomic E-state index is 12.1. The van der Waals surface area contributed by atoms with Crippen LogP contribution in [0.2, 0.25) is 0 Å². The minimum Gasteiger partial charge on any atom is -0.494 e. The van der Waals surface area contributed by atoms with E-state index in [1.807, 2.05) is 31.2 Å². The summed E-state index contributed by atoms with van der Waals surface area (Å²) in [5.74, 6) is 0.570. The molecule has 0 unspecified atom stereocenters. The Morgan fingerprint density at radius 2 is 1.65 bits per heavy atom. The van der Waals surface area contributed by atoms with Gasteiger partial charge in [0.05, 0.1) is 6.61 Å². The molecule has 0 radical (unpaired) electrons. The minimum absolute atomic E-state index is 0.0204. The van der Waals surface area contributed by atoms with Gasteiger partial charge >= 0.3 is 6.61 Å². The average molecular weight is 318 g/mol. The Kier molecular flexibility index (Phi) is 5.86. The zero-order chi connectivity index (χ0) is 16.7. The molecule has 0 fully saturated rings. The molecule has 0 aromatic heterocycles. The number of benzene rings is 2. The van der Waals surface area contributed by atoms with Crippen LogP contribution >= 0.6 is 0 Å². The van der Waals surface area contributed by atoms with E-state index in [9.17, 15) is 13.6 Å². The largest absolute Gasteiger partial charge is 0.494 e. The van der Waals surface area contributed by atoms with Gasteiger partial charge in [-0.05, 0) is 55.0 Å². The van der Waals surface area contributed by atoms with Gasteiger partial charge in [0.25, 0.3) is 0 Å². The van der Waals surface area contributed by atoms with Crippen molar-refractivity contribution in [1.29, 1.82) is 0 Å². The van der Waals surface area contributed by atoms with Crippen molar-refractivity contribution in [2.75, 3.05) is 6.61 Å². The molecule has 2 aromatic rings. The Bertz CT molecular complexity index is 662. The SMILES string of the molecule is CCOc1ccc(/C=C/C(=O)c2ccc(OC(F)F)cc2)cc1. The topological polar surface area (TPSA) is 35.5 Å². The van der Waals surface area contributed by atoms with Gasteiger partial charge in [0, 0.05) is 5.56 Å². The smallest absolute Gasteiger partial charge is 0.387 e. The van der Waals surface area contributed by atoms with Crippen molar-refractivity contribution in [2.24, 2.45) is 0 Å². The summed E-state index contributed by atoms with van der Waals surface area (Å²) in [5, 5.41) is 0. The van der Waals surface area contributed by atoms with E-state index in [0.717, 1.165) is 11.3 Å². The highest BCUT2D eigenvalue weighted by Crippen LogP contribution is 2.16. The third-order valence-corrected chi connectivity index (χ3v) is 2.98. The molecule has 2 rings (SSSR count). The third kappa shape index (κ3) is 5.21. The fourth-order valence-electron chi connectivity index (χ4n) is 1.91. The molecule has 0 N–H and O–H groups in total. The van der Waals surface area contributed by atoms with Crippen LogP contribution in [0.1, 0.15) is 22.8 Å². The highest BCUT2D eigenvalue weighted by Gasteiger charge is 2.06. The zero-order valence-corrected chi connectivity index (χ0v) is 12.5. The Morgan fingerprint density at radius 1 is 1.04 bits per heavy atom. The number of alkyl halides is 2. The molecule has 0 aliphatic carbocycles. The summed E-state index contributed by atoms with van der Waals surface area (Å²) >= 11 is 0. The van der Waals surface area contributed by atoms with E-state index in [1.54, 1.807) is 6.08 Å². The van der Waals surface area contributed by atoms with Crippen molar-refractivity contribution in [2.45, 2.75) is 13.5 Å². The molecule has 23 heavy (non-hydrogen) atoms. The lowest BCUT2D eigenvalue weighted by Crippen LogP contribution is -2.02. The number of hydrogen-bond acceptors (Lipinski definition) is 3. The fraction of sp³-hybridized carbons (Fsp3) is 0.167. The summed E-state index contributed by atoms with van der Waals surface area (Å²) in [5.41, 5.74) is 1.26. The molecule has 0 atom stereocenters. The minimum atomic E-state index is -2.88. The number of halogens is 2. The number of carbonyl (C=O) groups excluding carboxylic acids is 1. The van der Waals surface area contributed by atoms with Gasteiger partial charge in [0.1, 0.15) is 11.5 Å². The zero-order valence-electron chi connectivity index (χ0n) is 12.5. The van der Waals surface area contributed by atoms with Crippen molar-refractivity contribution in [1.82, 2.24) is 0 Å². The summed E-state index contributed by atoms with van der Waals surface area (Å²) in [6.07, 6.45) is 3.11. The summed E-state index contributed by atoms with van der Waals surface area (Å²) in [4.78, 5) is 12.0. The van der Waals surface area contributed by atoms with Gasteiger partial charge in [0.15, 0.2) is 5.78 Å². The van der Waals surface area contributed by atoms with Crippen LogP contribution in [0.25, 0.3) is 6.08 Å². The van der Waals surface area contributed by atoms with Gasteiger partial charge in [-0.25, -0.2) is 0 Å². The summed E-state index contributed by atoms with van der Waals surface area (Å²) < 4.78 is 33.7. The van der Waals surface area contributed by atoms with Gasteiger partial charge in [-0.15, -0.1) is 0 Å². The number of allylic oxidation sites excluding steroid dienone is 1. The molecule has 0 heterocycles. The molecular weight excluding hydrogens is 302 g/mol. The lowest BCUT2D eigenvalue weighted by Gasteiger charge is -2.04. The quantitative estimate of drug-likeness (QED) is 0.553. The maximum Gasteiger partial charge on any atom is 0.387 e. The van der Waals surface area contributed by atoms with Gasteiger partial charge in [0.2, 0.25) is 0 Å². The van der Waals surface area contributed by atoms with Gasteiger partial charge in [-0.3, -0.25) is 4.79 Å². The highest BCUT2D eigenvalue weighted by molar-refractivity contribution is 6.06. The van der Waals surface area contributed by atoms with Crippen LogP contribution in [-0.2, 0) is 0 Å². The first kappa shape index (κ1) is 16.7. The first-order valence-corrected chi connectivity index (χ1v) is 7.08. The average Bonchev–Trinajstić information content (AvgIpc) is 2.54. The van der Waals surface area contributed by atoms with Crippen LogP contribution in [0, 0.1) is 0 Å². The monoisotopic (exact) mass is 318 g/mol. The molecule has 0 saturated carbocycles. The molecule has 0 bridgehead atoms. The number of ketones is 1. The van der Waals surface area contributed by atoms with Gasteiger partial charge < -0.3 is 9.47 Å². The molecule has 3 nitrogen and oxygen atoms in total. The second-order valence-corrected chi connectivity index (χ2v) is 4.60. The Morgan fingerprint density at radius 3 is 2.22 bits per heavy atom. The Labute approximate surface area is 133 Å². The first-order valence-electron chi connectivity index (χ1n) is 7.08. The normalized spacial score (nSPS) is 11.0. The predicted molar refractivity (Wildman–Crippen MR) is 84.0 cm³/mol. The summed E-state index contributed by atoms with van der Waals surface area (Å²) in [6.45, 7) is -0.376. The van der Waals surface area contributed by atoms with Crippen molar-refractivity contribution in [3.8, 4) is 11.5 Å². The fourth-order valence-corrected chi connectivity index (χ4v) is 1.91. The highest BCUT2D eigenvalue weighted by atomic mass is 19.3. The van der Waals surface area contributed by atoms with E-state index >= 15 is 0 Å².